The zero-order chi connectivity index (χ0) is 11.3. The molecule has 3 heteroatoms. The van der Waals surface area contributed by atoms with Crippen molar-refractivity contribution in [2.45, 2.75) is 38.1 Å². The van der Waals surface area contributed by atoms with Gasteiger partial charge in [-0.3, -0.25) is 14.5 Å². The maximum absolute atomic E-state index is 11.8. The second-order valence-corrected chi connectivity index (χ2v) is 5.35. The number of carbonyl (C=O) groups is 2. The van der Waals surface area contributed by atoms with Gasteiger partial charge in [-0.25, -0.2) is 0 Å². The van der Waals surface area contributed by atoms with Crippen molar-refractivity contribution < 1.29 is 9.59 Å². The van der Waals surface area contributed by atoms with Crippen molar-refractivity contribution >= 4 is 11.8 Å². The molecule has 4 unspecified atom stereocenters. The Bertz CT molecular complexity index is 363. The number of hydrogen-bond acceptors (Lipinski definition) is 2. The summed E-state index contributed by atoms with van der Waals surface area (Å²) in [6.07, 6.45) is 7.21. The van der Waals surface area contributed by atoms with E-state index >= 15 is 0 Å². The molecule has 0 aromatic rings. The lowest BCUT2D eigenvalue weighted by Gasteiger charge is -2.51. The van der Waals surface area contributed by atoms with Crippen LogP contribution >= 0.6 is 0 Å². The molecule has 1 saturated heterocycles. The van der Waals surface area contributed by atoms with Crippen molar-refractivity contribution in [2.24, 2.45) is 17.8 Å². The second-order valence-electron chi connectivity index (χ2n) is 5.35. The maximum Gasteiger partial charge on any atom is 0.252 e. The average Bonchev–Trinajstić information content (AvgIpc) is 2.74. The molecule has 16 heavy (non-hydrogen) atoms. The summed E-state index contributed by atoms with van der Waals surface area (Å²) in [4.78, 5) is 24.8. The van der Waals surface area contributed by atoms with E-state index in [2.05, 4.69) is 6.58 Å². The quantitative estimate of drug-likeness (QED) is 0.497. The summed E-state index contributed by atoms with van der Waals surface area (Å²) in [5.74, 6) is 1.49. The molecule has 0 spiro atoms. The lowest BCUT2D eigenvalue weighted by molar-refractivity contribution is -0.169. The van der Waals surface area contributed by atoms with Crippen LogP contribution in [0.2, 0.25) is 0 Å². The molecule has 1 aliphatic heterocycles. The van der Waals surface area contributed by atoms with Gasteiger partial charge in [0.15, 0.2) is 0 Å². The van der Waals surface area contributed by atoms with Crippen LogP contribution in [0.25, 0.3) is 0 Å². The number of β-lactam (4-membered cyclic amide) rings is 1. The van der Waals surface area contributed by atoms with E-state index in [0.29, 0.717) is 0 Å². The minimum absolute atomic E-state index is 0.0419. The van der Waals surface area contributed by atoms with Gasteiger partial charge < -0.3 is 0 Å². The van der Waals surface area contributed by atoms with Crippen molar-refractivity contribution in [2.75, 3.05) is 0 Å². The molecule has 0 N–H and O–H groups in total. The van der Waals surface area contributed by atoms with E-state index < -0.39 is 0 Å². The average molecular weight is 219 g/mol. The number of nitrogens with zero attached hydrogens (tertiary/aromatic N) is 1. The molecule has 2 saturated carbocycles. The van der Waals surface area contributed by atoms with E-state index in [4.69, 9.17) is 0 Å². The minimum atomic E-state index is -0.206. The minimum Gasteiger partial charge on any atom is -0.275 e. The van der Waals surface area contributed by atoms with Gasteiger partial charge >= 0.3 is 0 Å². The van der Waals surface area contributed by atoms with Crippen LogP contribution < -0.4 is 0 Å². The fourth-order valence-corrected chi connectivity index (χ4v) is 3.87. The standard InChI is InChI=1S/C13H17NO2/c1-2-12(15)14-11-7-9-5-3-4-8(9)6-10(11)13(14)16/h2,8-11H,1,3-7H2. The number of carbonyl (C=O) groups excluding carboxylic acids is 2. The van der Waals surface area contributed by atoms with Gasteiger partial charge in [-0.2, -0.15) is 0 Å². The molecule has 0 aromatic carbocycles. The highest BCUT2D eigenvalue weighted by Crippen LogP contribution is 2.50. The van der Waals surface area contributed by atoms with Crippen LogP contribution in [0.3, 0.4) is 0 Å². The Morgan fingerprint density at radius 3 is 2.69 bits per heavy atom. The third-order valence-electron chi connectivity index (χ3n) is 4.68. The molecular formula is C13H17NO2. The van der Waals surface area contributed by atoms with Gasteiger partial charge in [0.05, 0.1) is 12.0 Å². The van der Waals surface area contributed by atoms with Gasteiger partial charge in [0.25, 0.3) is 5.91 Å². The Kier molecular flexibility index (Phi) is 2.16. The predicted octanol–water partition coefficient (Wildman–Crippen LogP) is 1.74. The molecule has 0 aromatic heterocycles. The molecule has 86 valence electrons. The summed E-state index contributed by atoms with van der Waals surface area (Å²) in [5, 5.41) is 0. The topological polar surface area (TPSA) is 37.4 Å². The largest absolute Gasteiger partial charge is 0.275 e. The number of fused-ring (bicyclic) bond motifs is 2. The SMILES string of the molecule is C=CC(=O)N1C(=O)C2CC3CCCC3CC21. The first-order valence-corrected chi connectivity index (χ1v) is 6.22. The highest BCUT2D eigenvalue weighted by Gasteiger charge is 2.55. The van der Waals surface area contributed by atoms with Gasteiger partial charge in [0.2, 0.25) is 5.91 Å². The summed E-state index contributed by atoms with van der Waals surface area (Å²) in [5.41, 5.74) is 0. The fourth-order valence-electron chi connectivity index (χ4n) is 3.87. The molecule has 4 atom stereocenters. The van der Waals surface area contributed by atoms with Gasteiger partial charge in [-0.1, -0.05) is 25.8 Å². The molecule has 0 radical (unpaired) electrons. The van der Waals surface area contributed by atoms with Gasteiger partial charge in [-0.05, 0) is 30.8 Å². The molecule has 2 aliphatic carbocycles. The van der Waals surface area contributed by atoms with Gasteiger partial charge in [-0.15, -0.1) is 0 Å². The zero-order valence-electron chi connectivity index (χ0n) is 9.39. The molecule has 2 amide bonds. The van der Waals surface area contributed by atoms with E-state index in [1.807, 2.05) is 0 Å². The lowest BCUT2D eigenvalue weighted by Crippen LogP contribution is -2.65. The van der Waals surface area contributed by atoms with E-state index in [-0.39, 0.29) is 23.8 Å². The molecule has 1 heterocycles. The highest BCUT2D eigenvalue weighted by atomic mass is 16.2. The lowest BCUT2D eigenvalue weighted by atomic mass is 9.67. The Hall–Kier alpha value is -1.12. The third kappa shape index (κ3) is 1.20. The van der Waals surface area contributed by atoms with Crippen molar-refractivity contribution in [3.63, 3.8) is 0 Å². The van der Waals surface area contributed by atoms with Crippen LogP contribution in [-0.2, 0) is 9.59 Å². The first-order chi connectivity index (χ1) is 7.72. The first-order valence-electron chi connectivity index (χ1n) is 6.22. The second kappa shape index (κ2) is 3.44. The normalized spacial score (nSPS) is 41.0. The highest BCUT2D eigenvalue weighted by molar-refractivity contribution is 6.06. The van der Waals surface area contributed by atoms with Crippen molar-refractivity contribution in [1.82, 2.24) is 4.90 Å². The molecule has 0 bridgehead atoms. The number of rotatable bonds is 1. The summed E-state index contributed by atoms with van der Waals surface area (Å²) in [6, 6.07) is 0.192. The van der Waals surface area contributed by atoms with Crippen molar-refractivity contribution in [3.05, 3.63) is 12.7 Å². The van der Waals surface area contributed by atoms with Gasteiger partial charge in [0.1, 0.15) is 0 Å². The van der Waals surface area contributed by atoms with Crippen LogP contribution in [0.15, 0.2) is 12.7 Å². The van der Waals surface area contributed by atoms with Crippen LogP contribution in [0.1, 0.15) is 32.1 Å². The Labute approximate surface area is 95.5 Å². The molecule has 3 aliphatic rings. The smallest absolute Gasteiger partial charge is 0.252 e. The predicted molar refractivity (Wildman–Crippen MR) is 59.4 cm³/mol. The Balaban J connectivity index is 1.77. The van der Waals surface area contributed by atoms with Gasteiger partial charge in [0, 0.05) is 0 Å². The van der Waals surface area contributed by atoms with Crippen LogP contribution in [-0.4, -0.2) is 22.8 Å². The van der Waals surface area contributed by atoms with Crippen LogP contribution in [0, 0.1) is 17.8 Å². The molecule has 3 rings (SSSR count). The fraction of sp³-hybridized carbons (Fsp3) is 0.692. The van der Waals surface area contributed by atoms with E-state index in [9.17, 15) is 9.59 Å². The van der Waals surface area contributed by atoms with E-state index in [0.717, 1.165) is 24.7 Å². The number of imide groups is 1. The zero-order valence-corrected chi connectivity index (χ0v) is 9.39. The van der Waals surface area contributed by atoms with Crippen LogP contribution in [0.4, 0.5) is 0 Å². The number of likely N-dealkylation sites (tertiary alicyclic amines) is 1. The summed E-state index contributed by atoms with van der Waals surface area (Å²) < 4.78 is 0. The Morgan fingerprint density at radius 1 is 1.31 bits per heavy atom. The molecular weight excluding hydrogens is 202 g/mol. The van der Waals surface area contributed by atoms with Crippen LogP contribution in [0.5, 0.6) is 0 Å². The summed E-state index contributed by atoms with van der Waals surface area (Å²) in [6.45, 7) is 3.46. The monoisotopic (exact) mass is 219 g/mol. The van der Waals surface area contributed by atoms with E-state index in [1.54, 1.807) is 0 Å². The molecule has 3 fully saturated rings. The van der Waals surface area contributed by atoms with E-state index in [1.165, 1.54) is 30.2 Å². The third-order valence-corrected chi connectivity index (χ3v) is 4.68. The summed E-state index contributed by atoms with van der Waals surface area (Å²) >= 11 is 0. The number of hydrogen-bond donors (Lipinski definition) is 0. The number of amides is 2. The Morgan fingerprint density at radius 2 is 2.00 bits per heavy atom. The van der Waals surface area contributed by atoms with Crippen molar-refractivity contribution in [1.29, 1.82) is 0 Å². The summed E-state index contributed by atoms with van der Waals surface area (Å²) in [7, 11) is 0. The van der Waals surface area contributed by atoms with Crippen molar-refractivity contribution in [3.8, 4) is 0 Å². The first kappa shape index (κ1) is 10.1. The maximum atomic E-state index is 11.8. The molecule has 3 nitrogen and oxygen atoms in total.